The molecule has 1 N–H and O–H groups in total. The fraction of sp³-hybridized carbons (Fsp3) is 0.333. The van der Waals surface area contributed by atoms with Crippen LogP contribution in [0.2, 0.25) is 5.02 Å². The first kappa shape index (κ1) is 23.8. The summed E-state index contributed by atoms with van der Waals surface area (Å²) < 4.78 is 68.7. The van der Waals surface area contributed by atoms with Gasteiger partial charge in [0.05, 0.1) is 6.61 Å². The second kappa shape index (κ2) is 9.88. The summed E-state index contributed by atoms with van der Waals surface area (Å²) in [6.45, 7) is 1.61. The number of hydrogen-bond acceptors (Lipinski definition) is 6. The number of nitrogens with zero attached hydrogens (tertiary/aromatic N) is 3. The Morgan fingerprint density at radius 3 is 2.73 bits per heavy atom. The van der Waals surface area contributed by atoms with E-state index in [4.69, 9.17) is 16.3 Å². The molecule has 176 valence electrons. The zero-order valence-corrected chi connectivity index (χ0v) is 19.9. The molecule has 2 unspecified atom stereocenters. The molecule has 4 rings (SSSR count). The minimum Gasteiger partial charge on any atom is -0.490 e. The number of aryl methyl sites for hydroxylation is 1. The van der Waals surface area contributed by atoms with Gasteiger partial charge in [0.1, 0.15) is 17.0 Å². The van der Waals surface area contributed by atoms with Crippen molar-refractivity contribution >= 4 is 33.2 Å². The maximum Gasteiger partial charge on any atom is 0.288 e. The van der Waals surface area contributed by atoms with E-state index >= 15 is 0 Å². The Morgan fingerprint density at radius 1 is 1.27 bits per heavy atom. The molecule has 12 heteroatoms. The molecule has 0 spiro atoms. The molecule has 2 heterocycles. The van der Waals surface area contributed by atoms with E-state index in [0.717, 1.165) is 36.1 Å². The Morgan fingerprint density at radius 2 is 2.03 bits per heavy atom. The molecule has 0 saturated carbocycles. The maximum absolute atomic E-state index is 14.7. The summed E-state index contributed by atoms with van der Waals surface area (Å²) in [6.07, 6.45) is 2.23. The van der Waals surface area contributed by atoms with E-state index in [1.165, 1.54) is 10.9 Å². The van der Waals surface area contributed by atoms with Gasteiger partial charge in [0, 0.05) is 48.2 Å². The molecular formula is C21H21ClF2N4O3S2. The fourth-order valence-electron chi connectivity index (χ4n) is 3.75. The van der Waals surface area contributed by atoms with Gasteiger partial charge in [-0.2, -0.15) is 12.8 Å². The van der Waals surface area contributed by atoms with Crippen LogP contribution in [-0.4, -0.2) is 37.1 Å². The standard InChI is InChI=1S/C21H21ClF2N4O3S2/c1-28-12-26-32-21(28)27-33(29,30)20-9-17(23)19(8-18(20)24)31-11-14-10-25-7-6-16(14)13-2-4-15(22)5-3-13/h2-5,8-9,12,14,16,25H,6-7,10-11H2,1H3. The molecule has 7 nitrogen and oxygen atoms in total. The van der Waals surface area contributed by atoms with Crippen molar-refractivity contribution in [1.29, 1.82) is 0 Å². The molecule has 1 aromatic heterocycles. The summed E-state index contributed by atoms with van der Waals surface area (Å²) in [5.74, 6) is -2.30. The van der Waals surface area contributed by atoms with Crippen LogP contribution in [0.3, 0.4) is 0 Å². The first-order valence-electron chi connectivity index (χ1n) is 10.1. The second-order valence-corrected chi connectivity index (χ2v) is 10.5. The highest BCUT2D eigenvalue weighted by Crippen LogP contribution is 2.33. The van der Waals surface area contributed by atoms with Gasteiger partial charge < -0.3 is 14.6 Å². The van der Waals surface area contributed by atoms with Crippen molar-refractivity contribution in [3.05, 3.63) is 69.7 Å². The van der Waals surface area contributed by atoms with Gasteiger partial charge in [-0.3, -0.25) is 0 Å². The molecule has 0 amide bonds. The van der Waals surface area contributed by atoms with E-state index in [1.807, 2.05) is 24.3 Å². The average molecular weight is 515 g/mol. The van der Waals surface area contributed by atoms with Crippen LogP contribution in [-0.2, 0) is 17.1 Å². The first-order chi connectivity index (χ1) is 15.7. The van der Waals surface area contributed by atoms with Crippen LogP contribution in [0.4, 0.5) is 8.78 Å². The molecule has 0 radical (unpaired) electrons. The van der Waals surface area contributed by atoms with Gasteiger partial charge in [0.25, 0.3) is 10.0 Å². The van der Waals surface area contributed by atoms with Crippen molar-refractivity contribution in [2.75, 3.05) is 19.7 Å². The lowest BCUT2D eigenvalue weighted by Gasteiger charge is -2.32. The van der Waals surface area contributed by atoms with E-state index in [-0.39, 0.29) is 29.0 Å². The maximum atomic E-state index is 14.7. The van der Waals surface area contributed by atoms with Crippen LogP contribution in [0.1, 0.15) is 17.9 Å². The average Bonchev–Trinajstić information content (AvgIpc) is 3.18. The SMILES string of the molecule is Cn1cnsc1=NS(=O)(=O)c1cc(F)c(OCC2CNCCC2c2ccc(Cl)cc2)cc1F. The van der Waals surface area contributed by atoms with Crippen molar-refractivity contribution in [3.8, 4) is 5.75 Å². The summed E-state index contributed by atoms with van der Waals surface area (Å²) in [6, 6.07) is 8.90. The van der Waals surface area contributed by atoms with Crippen molar-refractivity contribution in [2.45, 2.75) is 17.2 Å². The fourth-order valence-corrected chi connectivity index (χ4v) is 5.75. The van der Waals surface area contributed by atoms with Gasteiger partial charge in [-0.05, 0) is 36.6 Å². The van der Waals surface area contributed by atoms with Gasteiger partial charge in [-0.1, -0.05) is 23.7 Å². The van der Waals surface area contributed by atoms with E-state index in [0.29, 0.717) is 17.6 Å². The number of benzene rings is 2. The van der Waals surface area contributed by atoms with Gasteiger partial charge in [0.2, 0.25) is 4.80 Å². The molecule has 1 aliphatic rings. The van der Waals surface area contributed by atoms with Crippen LogP contribution in [0.25, 0.3) is 0 Å². The minimum absolute atomic E-state index is 0.00660. The van der Waals surface area contributed by atoms with Crippen molar-refractivity contribution in [2.24, 2.45) is 17.4 Å². The highest BCUT2D eigenvalue weighted by molar-refractivity contribution is 7.90. The molecule has 1 aliphatic heterocycles. The van der Waals surface area contributed by atoms with Gasteiger partial charge in [-0.15, -0.1) is 4.40 Å². The number of aromatic nitrogens is 2. The highest BCUT2D eigenvalue weighted by Gasteiger charge is 2.28. The van der Waals surface area contributed by atoms with E-state index < -0.39 is 26.6 Å². The van der Waals surface area contributed by atoms with Gasteiger partial charge in [0.15, 0.2) is 11.6 Å². The predicted molar refractivity (Wildman–Crippen MR) is 121 cm³/mol. The Bertz CT molecular complexity index is 1310. The molecule has 2 atom stereocenters. The Kier molecular flexibility index (Phi) is 7.13. The normalized spacial score (nSPS) is 19.6. The molecule has 0 bridgehead atoms. The number of rotatable bonds is 6. The molecule has 3 aromatic rings. The Labute approximate surface area is 198 Å². The van der Waals surface area contributed by atoms with Crippen molar-refractivity contribution in [3.63, 3.8) is 0 Å². The molecule has 1 fully saturated rings. The van der Waals surface area contributed by atoms with Gasteiger partial charge >= 0.3 is 0 Å². The quantitative estimate of drug-likeness (QED) is 0.544. The third kappa shape index (κ3) is 5.43. The molecule has 0 aliphatic carbocycles. The monoisotopic (exact) mass is 514 g/mol. The summed E-state index contributed by atoms with van der Waals surface area (Å²) >= 11 is 6.81. The lowest BCUT2D eigenvalue weighted by atomic mass is 9.81. The van der Waals surface area contributed by atoms with E-state index in [2.05, 4.69) is 14.1 Å². The van der Waals surface area contributed by atoms with E-state index in [9.17, 15) is 17.2 Å². The van der Waals surface area contributed by atoms with Crippen LogP contribution < -0.4 is 14.9 Å². The zero-order chi connectivity index (χ0) is 23.6. The molecular weight excluding hydrogens is 494 g/mol. The topological polar surface area (TPSA) is 85.6 Å². The van der Waals surface area contributed by atoms with Crippen LogP contribution >= 0.6 is 23.1 Å². The van der Waals surface area contributed by atoms with Crippen LogP contribution in [0.15, 0.2) is 52.0 Å². The third-order valence-electron chi connectivity index (χ3n) is 5.48. The lowest BCUT2D eigenvalue weighted by molar-refractivity contribution is 0.190. The molecule has 2 aromatic carbocycles. The number of sulfonamides is 1. The lowest BCUT2D eigenvalue weighted by Crippen LogP contribution is -2.38. The summed E-state index contributed by atoms with van der Waals surface area (Å²) in [5.41, 5.74) is 1.10. The number of piperidine rings is 1. The Balaban J connectivity index is 1.54. The largest absolute Gasteiger partial charge is 0.490 e. The first-order valence-corrected chi connectivity index (χ1v) is 12.7. The Hall–Kier alpha value is -2.34. The molecule has 33 heavy (non-hydrogen) atoms. The summed E-state index contributed by atoms with van der Waals surface area (Å²) in [4.78, 5) is -0.827. The van der Waals surface area contributed by atoms with Crippen molar-refractivity contribution < 1.29 is 21.9 Å². The number of nitrogens with one attached hydrogen (secondary N) is 1. The zero-order valence-electron chi connectivity index (χ0n) is 17.5. The minimum atomic E-state index is -4.48. The second-order valence-electron chi connectivity index (χ2n) is 7.71. The number of halogens is 3. The molecule has 1 saturated heterocycles. The number of hydrogen-bond donors (Lipinski definition) is 1. The number of ether oxygens (including phenoxy) is 1. The summed E-state index contributed by atoms with van der Waals surface area (Å²) in [5, 5.41) is 3.93. The van der Waals surface area contributed by atoms with Crippen molar-refractivity contribution in [1.82, 2.24) is 14.3 Å². The van der Waals surface area contributed by atoms with Crippen LogP contribution in [0, 0.1) is 17.6 Å². The highest BCUT2D eigenvalue weighted by atomic mass is 35.5. The predicted octanol–water partition coefficient (Wildman–Crippen LogP) is 3.47. The third-order valence-corrected chi connectivity index (χ3v) is 7.87. The van der Waals surface area contributed by atoms with Crippen LogP contribution in [0.5, 0.6) is 5.75 Å². The van der Waals surface area contributed by atoms with E-state index in [1.54, 1.807) is 7.05 Å². The smallest absolute Gasteiger partial charge is 0.288 e. The summed E-state index contributed by atoms with van der Waals surface area (Å²) in [7, 11) is -2.93. The van der Waals surface area contributed by atoms with Gasteiger partial charge in [-0.25, -0.2) is 8.78 Å².